The van der Waals surface area contributed by atoms with Gasteiger partial charge in [0, 0.05) is 13.1 Å². The first-order valence-corrected chi connectivity index (χ1v) is 7.51. The molecule has 1 unspecified atom stereocenters. The Morgan fingerprint density at radius 2 is 2.05 bits per heavy atom. The molecule has 102 valence electrons. The van der Waals surface area contributed by atoms with E-state index in [0.717, 1.165) is 5.92 Å². The van der Waals surface area contributed by atoms with Crippen LogP contribution in [-0.2, 0) is 24.1 Å². The lowest BCUT2D eigenvalue weighted by Crippen LogP contribution is -2.37. The molecule has 1 saturated carbocycles. The normalized spacial score (nSPS) is 19.1. The van der Waals surface area contributed by atoms with Gasteiger partial charge in [-0.25, -0.2) is 0 Å². The molecule has 0 heterocycles. The Morgan fingerprint density at radius 1 is 1.32 bits per heavy atom. The molecule has 0 N–H and O–H groups in total. The summed E-state index contributed by atoms with van der Waals surface area (Å²) in [6, 6.07) is 7.00. The molecule has 3 rings (SSSR count). The molecule has 1 fully saturated rings. The van der Waals surface area contributed by atoms with Crippen molar-refractivity contribution in [3.63, 3.8) is 0 Å². The molecule has 0 saturated heterocycles. The smallest absolute Gasteiger partial charge is 0.226 e. The summed E-state index contributed by atoms with van der Waals surface area (Å²) < 4.78 is 0. The second-order valence-electron chi connectivity index (χ2n) is 6.22. The highest BCUT2D eigenvalue weighted by Gasteiger charge is 2.32. The fraction of sp³-hybridized carbons (Fsp3) is 0.588. The third kappa shape index (κ3) is 2.68. The van der Waals surface area contributed by atoms with E-state index in [-0.39, 0.29) is 5.91 Å². The van der Waals surface area contributed by atoms with Crippen LogP contribution in [0.2, 0.25) is 0 Å². The number of rotatable bonds is 4. The average molecular weight is 257 g/mol. The maximum Gasteiger partial charge on any atom is 0.226 e. The molecule has 2 aliphatic carbocycles. The van der Waals surface area contributed by atoms with Crippen LogP contribution in [0.1, 0.15) is 42.9 Å². The summed E-state index contributed by atoms with van der Waals surface area (Å²) in [6.45, 7) is 2.18. The second kappa shape index (κ2) is 4.99. The van der Waals surface area contributed by atoms with E-state index in [0.29, 0.717) is 12.5 Å². The molecule has 19 heavy (non-hydrogen) atoms. The van der Waals surface area contributed by atoms with Gasteiger partial charge in [0.25, 0.3) is 0 Å². The number of amides is 1. The Balaban J connectivity index is 1.65. The van der Waals surface area contributed by atoms with E-state index >= 15 is 0 Å². The zero-order valence-electron chi connectivity index (χ0n) is 12.0. The zero-order chi connectivity index (χ0) is 13.4. The van der Waals surface area contributed by atoms with Crippen LogP contribution in [0, 0.1) is 5.92 Å². The van der Waals surface area contributed by atoms with Gasteiger partial charge in [0.15, 0.2) is 0 Å². The van der Waals surface area contributed by atoms with Crippen molar-refractivity contribution < 1.29 is 4.79 Å². The van der Waals surface area contributed by atoms with Crippen molar-refractivity contribution in [2.75, 3.05) is 7.05 Å². The highest BCUT2D eigenvalue weighted by molar-refractivity contribution is 5.79. The van der Waals surface area contributed by atoms with Crippen molar-refractivity contribution in [1.29, 1.82) is 0 Å². The van der Waals surface area contributed by atoms with Crippen molar-refractivity contribution >= 4 is 5.91 Å². The summed E-state index contributed by atoms with van der Waals surface area (Å²) in [5.74, 6) is 1.01. The number of aryl methyl sites for hydroxylation is 2. The molecule has 1 amide bonds. The van der Waals surface area contributed by atoms with Crippen molar-refractivity contribution in [3.05, 3.63) is 34.9 Å². The van der Waals surface area contributed by atoms with Gasteiger partial charge in [-0.2, -0.15) is 0 Å². The molecule has 2 nitrogen and oxygen atoms in total. The molecule has 2 aliphatic rings. The standard InChI is InChI=1S/C17H23NO/c1-12(14-8-9-14)18(2)17(19)11-13-6-7-15-4-3-5-16(15)10-13/h6-7,10,12,14H,3-5,8-9,11H2,1-2H3. The fourth-order valence-corrected chi connectivity index (χ4v) is 3.16. The molecule has 2 heteroatoms. The lowest BCUT2D eigenvalue weighted by atomic mass is 10.0. The minimum absolute atomic E-state index is 0.261. The van der Waals surface area contributed by atoms with Gasteiger partial charge >= 0.3 is 0 Å². The summed E-state index contributed by atoms with van der Waals surface area (Å²) in [5.41, 5.74) is 4.12. The number of carbonyl (C=O) groups is 1. The highest BCUT2D eigenvalue weighted by Crippen LogP contribution is 2.34. The Kier molecular flexibility index (Phi) is 3.34. The maximum absolute atomic E-state index is 12.3. The van der Waals surface area contributed by atoms with Crippen molar-refractivity contribution in [2.24, 2.45) is 5.92 Å². The molecule has 0 radical (unpaired) electrons. The number of nitrogens with zero attached hydrogens (tertiary/aromatic N) is 1. The van der Waals surface area contributed by atoms with Crippen molar-refractivity contribution in [1.82, 2.24) is 4.90 Å². The predicted octanol–water partition coefficient (Wildman–Crippen LogP) is 2.97. The first-order valence-electron chi connectivity index (χ1n) is 7.51. The minimum Gasteiger partial charge on any atom is -0.342 e. The lowest BCUT2D eigenvalue weighted by molar-refractivity contribution is -0.131. The van der Waals surface area contributed by atoms with Crippen LogP contribution in [0.25, 0.3) is 0 Å². The number of likely N-dealkylation sites (N-methyl/N-ethyl adjacent to an activating group) is 1. The van der Waals surface area contributed by atoms with Gasteiger partial charge in [0.1, 0.15) is 0 Å². The van der Waals surface area contributed by atoms with Gasteiger partial charge < -0.3 is 4.90 Å². The molecule has 1 atom stereocenters. The molecule has 0 spiro atoms. The first-order chi connectivity index (χ1) is 9.15. The first kappa shape index (κ1) is 12.7. The summed E-state index contributed by atoms with van der Waals surface area (Å²) >= 11 is 0. The predicted molar refractivity (Wildman–Crippen MR) is 77.1 cm³/mol. The Hall–Kier alpha value is -1.31. The van der Waals surface area contributed by atoms with Crippen LogP contribution in [-0.4, -0.2) is 23.9 Å². The summed E-state index contributed by atoms with van der Waals surface area (Å²) in [7, 11) is 1.96. The highest BCUT2D eigenvalue weighted by atomic mass is 16.2. The van der Waals surface area contributed by atoms with Crippen molar-refractivity contribution in [2.45, 2.75) is 51.5 Å². The van der Waals surface area contributed by atoms with Gasteiger partial charge in [0.2, 0.25) is 5.91 Å². The fourth-order valence-electron chi connectivity index (χ4n) is 3.16. The van der Waals surface area contributed by atoms with Crippen LogP contribution >= 0.6 is 0 Å². The minimum atomic E-state index is 0.261. The molecule has 1 aromatic carbocycles. The third-order valence-corrected chi connectivity index (χ3v) is 4.83. The Bertz CT molecular complexity index is 490. The average Bonchev–Trinajstić information content (AvgIpc) is 3.15. The topological polar surface area (TPSA) is 20.3 Å². The van der Waals surface area contributed by atoms with E-state index in [4.69, 9.17) is 0 Å². The van der Waals surface area contributed by atoms with E-state index in [1.165, 1.54) is 48.8 Å². The number of hydrogen-bond donors (Lipinski definition) is 0. The largest absolute Gasteiger partial charge is 0.342 e. The van der Waals surface area contributed by atoms with E-state index in [2.05, 4.69) is 25.1 Å². The maximum atomic E-state index is 12.3. The zero-order valence-corrected chi connectivity index (χ0v) is 12.0. The van der Waals surface area contributed by atoms with E-state index in [1.54, 1.807) is 0 Å². The summed E-state index contributed by atoms with van der Waals surface area (Å²) in [4.78, 5) is 14.3. The van der Waals surface area contributed by atoms with Crippen LogP contribution < -0.4 is 0 Å². The van der Waals surface area contributed by atoms with Gasteiger partial charge in [-0.15, -0.1) is 0 Å². The van der Waals surface area contributed by atoms with Crippen LogP contribution in [0.3, 0.4) is 0 Å². The van der Waals surface area contributed by atoms with Gasteiger partial charge in [-0.1, -0.05) is 18.2 Å². The number of carbonyl (C=O) groups excluding carboxylic acids is 1. The van der Waals surface area contributed by atoms with Crippen molar-refractivity contribution in [3.8, 4) is 0 Å². The molecular formula is C17H23NO. The quantitative estimate of drug-likeness (QED) is 0.812. The van der Waals surface area contributed by atoms with E-state index in [1.807, 2.05) is 11.9 Å². The lowest BCUT2D eigenvalue weighted by Gasteiger charge is -2.25. The SMILES string of the molecule is CC(C1CC1)N(C)C(=O)Cc1ccc2c(c1)CCC2. The Labute approximate surface area is 115 Å². The molecule has 0 bridgehead atoms. The van der Waals surface area contributed by atoms with Crippen LogP contribution in [0.5, 0.6) is 0 Å². The van der Waals surface area contributed by atoms with Gasteiger partial charge in [-0.05, 0) is 61.6 Å². The number of fused-ring (bicyclic) bond motifs is 1. The van der Waals surface area contributed by atoms with Gasteiger partial charge in [-0.3, -0.25) is 4.79 Å². The number of hydrogen-bond acceptors (Lipinski definition) is 1. The summed E-state index contributed by atoms with van der Waals surface area (Å²) in [6.07, 6.45) is 6.80. The molecule has 0 aliphatic heterocycles. The van der Waals surface area contributed by atoms with Crippen LogP contribution in [0.15, 0.2) is 18.2 Å². The third-order valence-electron chi connectivity index (χ3n) is 4.83. The van der Waals surface area contributed by atoms with Gasteiger partial charge in [0.05, 0.1) is 6.42 Å². The molecule has 0 aromatic heterocycles. The molecule has 1 aromatic rings. The summed E-state index contributed by atoms with van der Waals surface area (Å²) in [5, 5.41) is 0. The monoisotopic (exact) mass is 257 g/mol. The second-order valence-corrected chi connectivity index (χ2v) is 6.22. The number of benzene rings is 1. The van der Waals surface area contributed by atoms with Crippen LogP contribution in [0.4, 0.5) is 0 Å². The van der Waals surface area contributed by atoms with E-state index < -0.39 is 0 Å². The van der Waals surface area contributed by atoms with E-state index in [9.17, 15) is 4.79 Å². The Morgan fingerprint density at radius 3 is 2.79 bits per heavy atom. The molecular weight excluding hydrogens is 234 g/mol.